The highest BCUT2D eigenvalue weighted by Gasteiger charge is 2.13. The summed E-state index contributed by atoms with van der Waals surface area (Å²) in [4.78, 5) is 13.4. The van der Waals surface area contributed by atoms with Crippen molar-refractivity contribution in [1.82, 2.24) is 0 Å². The lowest BCUT2D eigenvalue weighted by Gasteiger charge is -2.16. The molecule has 3 nitrogen and oxygen atoms in total. The lowest BCUT2D eigenvalue weighted by atomic mass is 10.1. The van der Waals surface area contributed by atoms with Gasteiger partial charge in [-0.25, -0.2) is 0 Å². The van der Waals surface area contributed by atoms with Gasteiger partial charge in [0.2, 0.25) is 0 Å². The number of likely N-dealkylation sites (N-methyl/N-ethyl adjacent to an activating group) is 1. The Morgan fingerprint density at radius 1 is 1.09 bits per heavy atom. The number of hydrogen-bond acceptors (Lipinski definition) is 1. The molecule has 0 heterocycles. The largest absolute Gasteiger partial charge is 0.326 e. The van der Waals surface area contributed by atoms with E-state index in [-0.39, 0.29) is 5.91 Å². The predicted molar refractivity (Wildman–Crippen MR) is 98.9 cm³/mol. The lowest BCUT2D eigenvalue weighted by molar-refractivity contribution is -0.885. The van der Waals surface area contributed by atoms with Gasteiger partial charge in [-0.1, -0.05) is 39.7 Å². The normalized spacial score (nSPS) is 12.0. The molecule has 0 fully saturated rings. The van der Waals surface area contributed by atoms with E-state index >= 15 is 0 Å². The Labute approximate surface area is 146 Å². The molecule has 0 spiro atoms. The second kappa shape index (κ2) is 7.75. The van der Waals surface area contributed by atoms with Crippen LogP contribution in [0.1, 0.15) is 22.3 Å². The minimum Gasteiger partial charge on any atom is -0.326 e. The van der Waals surface area contributed by atoms with Crippen LogP contribution in [0.25, 0.3) is 0 Å². The Bertz CT molecular complexity index is 713. The number of carbonyl (C=O) groups excluding carboxylic acids is 1. The van der Waals surface area contributed by atoms with Crippen LogP contribution < -0.4 is 10.2 Å². The van der Waals surface area contributed by atoms with E-state index in [4.69, 9.17) is 0 Å². The molecule has 1 atom stereocenters. The van der Waals surface area contributed by atoms with Crippen molar-refractivity contribution in [2.45, 2.75) is 27.3 Å². The fourth-order valence-electron chi connectivity index (χ4n) is 2.61. The third-order valence-corrected chi connectivity index (χ3v) is 4.41. The van der Waals surface area contributed by atoms with Crippen molar-refractivity contribution < 1.29 is 9.69 Å². The smallest absolute Gasteiger partial charge is 0.279 e. The number of aryl methyl sites for hydroxylation is 3. The number of hydrogen-bond donors (Lipinski definition) is 2. The molecule has 1 unspecified atom stereocenters. The van der Waals surface area contributed by atoms with Crippen LogP contribution in [-0.4, -0.2) is 19.5 Å². The number of rotatable bonds is 5. The van der Waals surface area contributed by atoms with E-state index in [1.54, 1.807) is 0 Å². The number of nitrogens with one attached hydrogen (secondary N) is 2. The number of amides is 1. The second-order valence-electron chi connectivity index (χ2n) is 6.25. The molecule has 23 heavy (non-hydrogen) atoms. The van der Waals surface area contributed by atoms with Crippen LogP contribution in [0.3, 0.4) is 0 Å². The molecule has 0 aromatic heterocycles. The summed E-state index contributed by atoms with van der Waals surface area (Å²) in [6.45, 7) is 7.50. The van der Waals surface area contributed by atoms with E-state index in [0.29, 0.717) is 6.54 Å². The number of benzene rings is 2. The zero-order chi connectivity index (χ0) is 17.0. The van der Waals surface area contributed by atoms with Gasteiger partial charge in [-0.2, -0.15) is 0 Å². The first-order valence-electron chi connectivity index (χ1n) is 7.78. The molecule has 122 valence electrons. The Hall–Kier alpha value is -1.65. The third kappa shape index (κ3) is 5.19. The first-order chi connectivity index (χ1) is 10.8. The lowest BCUT2D eigenvalue weighted by Crippen LogP contribution is -3.08. The van der Waals surface area contributed by atoms with Crippen LogP contribution in [-0.2, 0) is 11.3 Å². The monoisotopic (exact) mass is 375 g/mol. The van der Waals surface area contributed by atoms with Gasteiger partial charge in [-0.15, -0.1) is 0 Å². The van der Waals surface area contributed by atoms with E-state index in [2.05, 4.69) is 60.3 Å². The van der Waals surface area contributed by atoms with Crippen molar-refractivity contribution >= 4 is 27.5 Å². The van der Waals surface area contributed by atoms with Crippen molar-refractivity contribution in [2.75, 3.05) is 18.9 Å². The maximum Gasteiger partial charge on any atom is 0.279 e. The van der Waals surface area contributed by atoms with Gasteiger partial charge in [-0.3, -0.25) is 4.79 Å². The minimum absolute atomic E-state index is 0.0400. The van der Waals surface area contributed by atoms with E-state index in [9.17, 15) is 4.79 Å². The highest BCUT2D eigenvalue weighted by Crippen LogP contribution is 2.19. The van der Waals surface area contributed by atoms with Crippen molar-refractivity contribution in [3.05, 3.63) is 63.1 Å². The predicted octanol–water partition coefficient (Wildman–Crippen LogP) is 3.03. The topological polar surface area (TPSA) is 33.5 Å². The SMILES string of the molecule is Cc1ccc(C)c(C[NH+](C)CC(=O)Nc2ccc(Br)cc2C)c1. The van der Waals surface area contributed by atoms with E-state index in [0.717, 1.165) is 22.3 Å². The standard InChI is InChI=1S/C19H23BrN2O/c1-13-5-6-14(2)16(9-13)11-22(4)12-19(23)21-18-8-7-17(20)10-15(18)3/h5-10H,11-12H2,1-4H3,(H,21,23)/p+1. The Kier molecular flexibility index (Phi) is 5.97. The zero-order valence-corrected chi connectivity index (χ0v) is 15.8. The third-order valence-electron chi connectivity index (χ3n) is 3.92. The molecule has 0 saturated carbocycles. The fourth-order valence-corrected chi connectivity index (χ4v) is 3.09. The number of quaternary nitrogens is 1. The van der Waals surface area contributed by atoms with Gasteiger partial charge in [0.25, 0.3) is 5.91 Å². The molecular weight excluding hydrogens is 352 g/mol. The molecule has 0 bridgehead atoms. The van der Waals surface area contributed by atoms with Crippen molar-refractivity contribution in [3.63, 3.8) is 0 Å². The van der Waals surface area contributed by atoms with Crippen LogP contribution >= 0.6 is 15.9 Å². The molecule has 0 aliphatic rings. The molecule has 0 aliphatic carbocycles. The molecule has 0 aliphatic heterocycles. The van der Waals surface area contributed by atoms with Gasteiger partial charge in [0.05, 0.1) is 7.05 Å². The average Bonchev–Trinajstić information content (AvgIpc) is 2.46. The van der Waals surface area contributed by atoms with Crippen LogP contribution in [0.15, 0.2) is 40.9 Å². The molecule has 0 saturated heterocycles. The summed E-state index contributed by atoms with van der Waals surface area (Å²) in [6.07, 6.45) is 0. The highest BCUT2D eigenvalue weighted by atomic mass is 79.9. The maximum absolute atomic E-state index is 12.3. The first-order valence-corrected chi connectivity index (χ1v) is 8.58. The Morgan fingerprint density at radius 3 is 2.52 bits per heavy atom. The highest BCUT2D eigenvalue weighted by molar-refractivity contribution is 9.10. The summed E-state index contributed by atoms with van der Waals surface area (Å²) in [5, 5.41) is 3.00. The van der Waals surface area contributed by atoms with Gasteiger partial charge < -0.3 is 10.2 Å². The summed E-state index contributed by atoms with van der Waals surface area (Å²) in [5.41, 5.74) is 5.76. The second-order valence-corrected chi connectivity index (χ2v) is 7.16. The summed E-state index contributed by atoms with van der Waals surface area (Å²) in [7, 11) is 2.05. The Balaban J connectivity index is 1.95. The quantitative estimate of drug-likeness (QED) is 0.827. The van der Waals surface area contributed by atoms with Crippen molar-refractivity contribution in [1.29, 1.82) is 0 Å². The van der Waals surface area contributed by atoms with E-state index in [1.165, 1.54) is 21.6 Å². The number of anilines is 1. The molecule has 2 aromatic carbocycles. The van der Waals surface area contributed by atoms with Crippen LogP contribution in [0, 0.1) is 20.8 Å². The maximum atomic E-state index is 12.3. The molecular formula is C19H24BrN2O+. The van der Waals surface area contributed by atoms with Crippen molar-refractivity contribution in [2.24, 2.45) is 0 Å². The van der Waals surface area contributed by atoms with Crippen LogP contribution in [0.4, 0.5) is 5.69 Å². The van der Waals surface area contributed by atoms with Gasteiger partial charge in [0.15, 0.2) is 6.54 Å². The molecule has 2 N–H and O–H groups in total. The summed E-state index contributed by atoms with van der Waals surface area (Å²) >= 11 is 3.44. The zero-order valence-electron chi connectivity index (χ0n) is 14.2. The summed E-state index contributed by atoms with van der Waals surface area (Å²) in [6, 6.07) is 12.3. The molecule has 2 aromatic rings. The van der Waals surface area contributed by atoms with Gasteiger partial charge >= 0.3 is 0 Å². The van der Waals surface area contributed by atoms with Gasteiger partial charge in [0.1, 0.15) is 6.54 Å². The first kappa shape index (κ1) is 17.7. The van der Waals surface area contributed by atoms with E-state index < -0.39 is 0 Å². The Morgan fingerprint density at radius 2 is 1.83 bits per heavy atom. The number of halogens is 1. The minimum atomic E-state index is 0.0400. The summed E-state index contributed by atoms with van der Waals surface area (Å²) in [5.74, 6) is 0.0400. The molecule has 1 amide bonds. The molecule has 2 rings (SSSR count). The molecule has 0 radical (unpaired) electrons. The summed E-state index contributed by atoms with van der Waals surface area (Å²) < 4.78 is 1.02. The van der Waals surface area contributed by atoms with E-state index in [1.807, 2.05) is 25.1 Å². The van der Waals surface area contributed by atoms with Crippen LogP contribution in [0.5, 0.6) is 0 Å². The number of carbonyl (C=O) groups is 1. The molecule has 4 heteroatoms. The average molecular weight is 376 g/mol. The van der Waals surface area contributed by atoms with Crippen LogP contribution in [0.2, 0.25) is 0 Å². The van der Waals surface area contributed by atoms with Gasteiger partial charge in [0, 0.05) is 15.7 Å². The fraction of sp³-hybridized carbons (Fsp3) is 0.316. The van der Waals surface area contributed by atoms with Gasteiger partial charge in [-0.05, 0) is 50.1 Å². The van der Waals surface area contributed by atoms with Crippen molar-refractivity contribution in [3.8, 4) is 0 Å².